The van der Waals surface area contributed by atoms with E-state index in [2.05, 4.69) is 5.32 Å². The summed E-state index contributed by atoms with van der Waals surface area (Å²) in [7, 11) is 1.70. The maximum Gasteiger partial charge on any atom is 0.355 e. The van der Waals surface area contributed by atoms with Crippen LogP contribution in [0.2, 0.25) is 0 Å². The number of nitrogens with one attached hydrogen (secondary N) is 1. The maximum atomic E-state index is 12.0. The predicted octanol–water partition coefficient (Wildman–Crippen LogP) is 1.37. The third-order valence-electron chi connectivity index (χ3n) is 2.97. The first kappa shape index (κ1) is 15.8. The lowest BCUT2D eigenvalue weighted by Gasteiger charge is -2.13. The lowest BCUT2D eigenvalue weighted by Crippen LogP contribution is -2.30. The van der Waals surface area contributed by atoms with Gasteiger partial charge < -0.3 is 20.4 Å². The number of primary amides is 1. The van der Waals surface area contributed by atoms with Crippen molar-refractivity contribution in [2.75, 3.05) is 5.32 Å². The van der Waals surface area contributed by atoms with E-state index in [0.717, 1.165) is 0 Å². The van der Waals surface area contributed by atoms with Gasteiger partial charge in [0, 0.05) is 13.2 Å². The van der Waals surface area contributed by atoms with Gasteiger partial charge in [0.15, 0.2) is 6.10 Å². The number of amides is 2. The minimum atomic E-state index is -1.01. The first-order chi connectivity index (χ1) is 10.4. The standard InChI is InChI=1S/C14H15N3O4S/c1-8(21-14(20)10-4-3-6-17(10)2)12(19)16-13-9(11(15)18)5-7-22-13/h3-8H,1-2H3,(H2,15,18)(H,16,19)/t8-/m1/s1. The first-order valence-electron chi connectivity index (χ1n) is 6.40. The smallest absolute Gasteiger partial charge is 0.355 e. The number of carbonyl (C=O) groups is 3. The van der Waals surface area contributed by atoms with Crippen molar-refractivity contribution in [1.82, 2.24) is 4.57 Å². The van der Waals surface area contributed by atoms with E-state index in [1.54, 1.807) is 35.3 Å². The van der Waals surface area contributed by atoms with Crippen molar-refractivity contribution in [2.45, 2.75) is 13.0 Å². The highest BCUT2D eigenvalue weighted by atomic mass is 32.1. The Hall–Kier alpha value is -2.61. The number of nitrogens with two attached hydrogens (primary N) is 1. The van der Waals surface area contributed by atoms with Crippen LogP contribution in [0.5, 0.6) is 0 Å². The molecule has 0 spiro atoms. The molecule has 2 amide bonds. The van der Waals surface area contributed by atoms with Crippen LogP contribution in [0, 0.1) is 0 Å². The number of rotatable bonds is 5. The molecule has 0 aliphatic rings. The van der Waals surface area contributed by atoms with Crippen molar-refractivity contribution in [3.8, 4) is 0 Å². The number of thiophene rings is 1. The molecule has 3 N–H and O–H groups in total. The molecular formula is C14H15N3O4S. The van der Waals surface area contributed by atoms with E-state index < -0.39 is 23.9 Å². The van der Waals surface area contributed by atoms with Crippen LogP contribution in [0.15, 0.2) is 29.8 Å². The van der Waals surface area contributed by atoms with Crippen molar-refractivity contribution in [1.29, 1.82) is 0 Å². The zero-order valence-corrected chi connectivity index (χ0v) is 12.8. The molecule has 2 aromatic rings. The molecule has 2 rings (SSSR count). The van der Waals surface area contributed by atoms with Crippen LogP contribution < -0.4 is 11.1 Å². The molecule has 7 nitrogen and oxygen atoms in total. The van der Waals surface area contributed by atoms with Crippen molar-refractivity contribution in [3.05, 3.63) is 41.0 Å². The topological polar surface area (TPSA) is 103 Å². The van der Waals surface area contributed by atoms with Crippen molar-refractivity contribution in [3.63, 3.8) is 0 Å². The summed E-state index contributed by atoms with van der Waals surface area (Å²) in [5, 5.41) is 4.50. The second-order valence-electron chi connectivity index (χ2n) is 4.57. The summed E-state index contributed by atoms with van der Waals surface area (Å²) < 4.78 is 6.70. The van der Waals surface area contributed by atoms with Crippen LogP contribution >= 0.6 is 11.3 Å². The van der Waals surface area contributed by atoms with Gasteiger partial charge in [-0.1, -0.05) is 0 Å². The summed E-state index contributed by atoms with van der Waals surface area (Å²) in [6.07, 6.45) is 0.691. The van der Waals surface area contributed by atoms with E-state index in [0.29, 0.717) is 10.7 Å². The molecule has 0 bridgehead atoms. The molecule has 0 aliphatic heterocycles. The van der Waals surface area contributed by atoms with E-state index in [4.69, 9.17) is 10.5 Å². The number of nitrogens with zero attached hydrogens (tertiary/aromatic N) is 1. The Morgan fingerprint density at radius 2 is 2.09 bits per heavy atom. The Bertz CT molecular complexity index is 719. The van der Waals surface area contributed by atoms with Crippen molar-refractivity contribution in [2.24, 2.45) is 12.8 Å². The minimum Gasteiger partial charge on any atom is -0.448 e. The predicted molar refractivity (Wildman–Crippen MR) is 81.8 cm³/mol. The SMILES string of the molecule is C[C@@H](OC(=O)c1cccn1C)C(=O)Nc1sccc1C(N)=O. The zero-order chi connectivity index (χ0) is 16.3. The number of ether oxygens (including phenoxy) is 1. The van der Waals surface area contributed by atoms with Gasteiger partial charge in [-0.05, 0) is 30.5 Å². The van der Waals surface area contributed by atoms with Gasteiger partial charge in [-0.15, -0.1) is 11.3 Å². The first-order valence-corrected chi connectivity index (χ1v) is 7.28. The number of hydrogen-bond acceptors (Lipinski definition) is 5. The van der Waals surface area contributed by atoms with E-state index in [-0.39, 0.29) is 5.56 Å². The molecule has 0 aliphatic carbocycles. The summed E-state index contributed by atoms with van der Waals surface area (Å²) >= 11 is 1.17. The zero-order valence-electron chi connectivity index (χ0n) is 12.0. The quantitative estimate of drug-likeness (QED) is 0.812. The van der Waals surface area contributed by atoms with Crippen LogP contribution in [0.1, 0.15) is 27.8 Å². The molecule has 1 atom stereocenters. The fourth-order valence-electron chi connectivity index (χ4n) is 1.76. The lowest BCUT2D eigenvalue weighted by atomic mass is 10.3. The monoisotopic (exact) mass is 321 g/mol. The van der Waals surface area contributed by atoms with Crippen LogP contribution in [0.4, 0.5) is 5.00 Å². The van der Waals surface area contributed by atoms with Gasteiger partial charge in [-0.25, -0.2) is 4.79 Å². The Kier molecular flexibility index (Phi) is 4.62. The molecule has 2 heterocycles. The number of hydrogen-bond donors (Lipinski definition) is 2. The average molecular weight is 321 g/mol. The highest BCUT2D eigenvalue weighted by molar-refractivity contribution is 7.14. The highest BCUT2D eigenvalue weighted by Crippen LogP contribution is 2.23. The van der Waals surface area contributed by atoms with Crippen LogP contribution in [-0.2, 0) is 16.6 Å². The third kappa shape index (κ3) is 3.34. The van der Waals surface area contributed by atoms with E-state index in [1.165, 1.54) is 24.3 Å². The molecule has 0 fully saturated rings. The van der Waals surface area contributed by atoms with Crippen LogP contribution in [-0.4, -0.2) is 28.5 Å². The second kappa shape index (κ2) is 6.44. The number of anilines is 1. The van der Waals surface area contributed by atoms with Crippen LogP contribution in [0.25, 0.3) is 0 Å². The molecule has 0 aromatic carbocycles. The highest BCUT2D eigenvalue weighted by Gasteiger charge is 2.22. The Balaban J connectivity index is 2.01. The second-order valence-corrected chi connectivity index (χ2v) is 5.48. The van der Waals surface area contributed by atoms with Crippen LogP contribution in [0.3, 0.4) is 0 Å². The largest absolute Gasteiger partial charge is 0.448 e. The summed E-state index contributed by atoms with van der Waals surface area (Å²) in [6.45, 7) is 1.45. The maximum absolute atomic E-state index is 12.0. The van der Waals surface area contributed by atoms with Gasteiger partial charge in [0.1, 0.15) is 10.7 Å². The molecule has 0 radical (unpaired) electrons. The van der Waals surface area contributed by atoms with Gasteiger partial charge in [0.25, 0.3) is 11.8 Å². The summed E-state index contributed by atoms with van der Waals surface area (Å²) in [5.41, 5.74) is 5.76. The molecule has 22 heavy (non-hydrogen) atoms. The molecule has 2 aromatic heterocycles. The average Bonchev–Trinajstić information content (AvgIpc) is 3.07. The molecule has 0 saturated heterocycles. The third-order valence-corrected chi connectivity index (χ3v) is 3.80. The van der Waals surface area contributed by atoms with E-state index in [9.17, 15) is 14.4 Å². The van der Waals surface area contributed by atoms with E-state index >= 15 is 0 Å². The van der Waals surface area contributed by atoms with Gasteiger partial charge in [-0.3, -0.25) is 9.59 Å². The van der Waals surface area contributed by atoms with Gasteiger partial charge >= 0.3 is 5.97 Å². The summed E-state index contributed by atoms with van der Waals surface area (Å²) in [5.74, 6) is -1.77. The molecule has 0 unspecified atom stereocenters. The Morgan fingerprint density at radius 3 is 2.68 bits per heavy atom. The fraction of sp³-hybridized carbons (Fsp3) is 0.214. The molecular weight excluding hydrogens is 306 g/mol. The lowest BCUT2D eigenvalue weighted by molar-refractivity contribution is -0.123. The minimum absolute atomic E-state index is 0.222. The van der Waals surface area contributed by atoms with Gasteiger partial charge in [0.05, 0.1) is 5.56 Å². The number of aryl methyl sites for hydroxylation is 1. The van der Waals surface area contributed by atoms with Gasteiger partial charge in [-0.2, -0.15) is 0 Å². The molecule has 8 heteroatoms. The van der Waals surface area contributed by atoms with Gasteiger partial charge in [0.2, 0.25) is 0 Å². The number of esters is 1. The Labute approximate surface area is 130 Å². The normalized spacial score (nSPS) is 11.7. The molecule has 116 valence electrons. The summed E-state index contributed by atoms with van der Waals surface area (Å²) in [6, 6.07) is 4.81. The fourth-order valence-corrected chi connectivity index (χ4v) is 2.56. The van der Waals surface area contributed by atoms with Crippen molar-refractivity contribution < 1.29 is 19.1 Å². The molecule has 0 saturated carbocycles. The Morgan fingerprint density at radius 1 is 1.36 bits per heavy atom. The van der Waals surface area contributed by atoms with Crippen molar-refractivity contribution >= 4 is 34.1 Å². The van der Waals surface area contributed by atoms with E-state index in [1.807, 2.05) is 0 Å². The number of aromatic nitrogens is 1. The summed E-state index contributed by atoms with van der Waals surface area (Å²) in [4.78, 5) is 35.2. The number of carbonyl (C=O) groups excluding carboxylic acids is 3.